The van der Waals surface area contributed by atoms with Crippen molar-refractivity contribution in [3.8, 4) is 0 Å². The van der Waals surface area contributed by atoms with E-state index in [1.165, 1.54) is 32.1 Å². The van der Waals surface area contributed by atoms with E-state index in [0.29, 0.717) is 17.1 Å². The monoisotopic (exact) mass is 166 g/mol. The van der Waals surface area contributed by atoms with Gasteiger partial charge in [0.15, 0.2) is 0 Å². The van der Waals surface area contributed by atoms with Gasteiger partial charge in [-0.25, -0.2) is 0 Å². The van der Waals surface area contributed by atoms with E-state index in [1.807, 2.05) is 0 Å². The lowest BCUT2D eigenvalue weighted by atomic mass is 9.63. The van der Waals surface area contributed by atoms with E-state index in [4.69, 9.17) is 0 Å². The summed E-state index contributed by atoms with van der Waals surface area (Å²) >= 11 is 0. The second kappa shape index (κ2) is 2.79. The van der Waals surface area contributed by atoms with E-state index < -0.39 is 0 Å². The summed E-state index contributed by atoms with van der Waals surface area (Å²) < 4.78 is 0. The largest absolute Gasteiger partial charge is 0.513 e. The maximum atomic E-state index is 9.42. The van der Waals surface area contributed by atoms with Gasteiger partial charge >= 0.3 is 0 Å². The molecule has 1 nitrogen and oxygen atoms in total. The smallest absolute Gasteiger partial charge is 0.0886 e. The Hall–Kier alpha value is -0.460. The lowest BCUT2D eigenvalue weighted by molar-refractivity contribution is 0.115. The number of aliphatic hydroxyl groups excluding tert-OH is 1. The van der Waals surface area contributed by atoms with Crippen molar-refractivity contribution in [3.63, 3.8) is 0 Å². The first kappa shape index (κ1) is 8.15. The summed E-state index contributed by atoms with van der Waals surface area (Å²) in [6, 6.07) is 0. The third kappa shape index (κ3) is 1.26. The second-order valence-corrected chi connectivity index (χ2v) is 4.66. The van der Waals surface area contributed by atoms with Gasteiger partial charge in [-0.3, -0.25) is 0 Å². The summed E-state index contributed by atoms with van der Waals surface area (Å²) in [7, 11) is 0. The number of hydrogen-bond donors (Lipinski definition) is 1. The fourth-order valence-corrected chi connectivity index (χ4v) is 2.75. The highest BCUT2D eigenvalue weighted by molar-refractivity contribution is 5.08. The highest BCUT2D eigenvalue weighted by Crippen LogP contribution is 2.48. The number of rotatable bonds is 0. The molecule has 0 aromatic rings. The van der Waals surface area contributed by atoms with Crippen molar-refractivity contribution in [2.75, 3.05) is 0 Å². The van der Waals surface area contributed by atoms with Crippen LogP contribution in [0.25, 0.3) is 0 Å². The molecular weight excluding hydrogens is 148 g/mol. The molecule has 0 amide bonds. The lowest BCUT2D eigenvalue weighted by Crippen LogP contribution is -2.32. The summed E-state index contributed by atoms with van der Waals surface area (Å²) in [4.78, 5) is 0. The number of allylic oxidation sites excluding steroid dienone is 2. The molecule has 0 unspecified atom stereocenters. The second-order valence-electron chi connectivity index (χ2n) is 4.66. The van der Waals surface area contributed by atoms with Gasteiger partial charge in [-0.15, -0.1) is 0 Å². The van der Waals surface area contributed by atoms with Gasteiger partial charge in [0.2, 0.25) is 0 Å². The fourth-order valence-electron chi connectivity index (χ4n) is 2.75. The summed E-state index contributed by atoms with van der Waals surface area (Å²) in [6.07, 6.45) is 9.61. The minimum atomic E-state index is 0.518. The Morgan fingerprint density at radius 2 is 2.25 bits per heavy atom. The van der Waals surface area contributed by atoms with Crippen molar-refractivity contribution in [3.05, 3.63) is 11.8 Å². The number of aliphatic hydroxyl groups is 1. The Bertz CT molecular complexity index is 207. The topological polar surface area (TPSA) is 20.2 Å². The van der Waals surface area contributed by atoms with Gasteiger partial charge in [0.05, 0.1) is 5.76 Å². The van der Waals surface area contributed by atoms with Crippen molar-refractivity contribution in [2.45, 2.75) is 45.4 Å². The third-order valence-corrected chi connectivity index (χ3v) is 3.75. The fraction of sp³-hybridized carbons (Fsp3) is 0.818. The van der Waals surface area contributed by atoms with Crippen LogP contribution < -0.4 is 0 Å². The SMILES string of the molecule is C[C@@]12CCCC[C@H]1C=C(O)CC2. The van der Waals surface area contributed by atoms with Gasteiger partial charge < -0.3 is 5.11 Å². The average molecular weight is 166 g/mol. The molecule has 0 radical (unpaired) electrons. The number of hydrogen-bond acceptors (Lipinski definition) is 1. The van der Waals surface area contributed by atoms with Gasteiger partial charge in [0.25, 0.3) is 0 Å². The molecule has 0 aromatic heterocycles. The van der Waals surface area contributed by atoms with Crippen molar-refractivity contribution in [1.82, 2.24) is 0 Å². The standard InChI is InChI=1S/C11H18O/c1-11-6-3-2-4-9(11)8-10(12)5-7-11/h8-9,12H,2-7H2,1H3/t9-,11-/m0/s1. The van der Waals surface area contributed by atoms with E-state index in [2.05, 4.69) is 13.0 Å². The van der Waals surface area contributed by atoms with Crippen molar-refractivity contribution < 1.29 is 5.11 Å². The maximum absolute atomic E-state index is 9.42. The van der Waals surface area contributed by atoms with Crippen LogP contribution in [0.4, 0.5) is 0 Å². The van der Waals surface area contributed by atoms with E-state index in [9.17, 15) is 5.11 Å². The molecule has 0 heterocycles. The molecule has 0 bridgehead atoms. The van der Waals surface area contributed by atoms with E-state index >= 15 is 0 Å². The Labute approximate surface area is 74.5 Å². The summed E-state index contributed by atoms with van der Waals surface area (Å²) in [5.41, 5.74) is 0.518. The molecule has 2 aliphatic carbocycles. The summed E-state index contributed by atoms with van der Waals surface area (Å²) in [5.74, 6) is 1.30. The zero-order valence-electron chi connectivity index (χ0n) is 7.84. The molecule has 2 rings (SSSR count). The molecule has 1 heteroatoms. The van der Waals surface area contributed by atoms with Crippen LogP contribution in [-0.4, -0.2) is 5.11 Å². The van der Waals surface area contributed by atoms with Crippen molar-refractivity contribution in [2.24, 2.45) is 11.3 Å². The predicted octanol–water partition coefficient (Wildman–Crippen LogP) is 3.42. The van der Waals surface area contributed by atoms with Gasteiger partial charge in [-0.1, -0.05) is 19.8 Å². The van der Waals surface area contributed by atoms with Crippen LogP contribution in [0.1, 0.15) is 45.4 Å². The first-order valence-electron chi connectivity index (χ1n) is 5.10. The molecule has 68 valence electrons. The Morgan fingerprint density at radius 3 is 3.08 bits per heavy atom. The van der Waals surface area contributed by atoms with Crippen LogP contribution in [0.3, 0.4) is 0 Å². The lowest BCUT2D eigenvalue weighted by Gasteiger charge is -2.42. The average Bonchev–Trinajstić information content (AvgIpc) is 2.06. The molecule has 2 atom stereocenters. The van der Waals surface area contributed by atoms with Crippen LogP contribution in [0, 0.1) is 11.3 Å². The first-order chi connectivity index (χ1) is 5.71. The predicted molar refractivity (Wildman–Crippen MR) is 50.0 cm³/mol. The normalized spacial score (nSPS) is 41.8. The van der Waals surface area contributed by atoms with Crippen LogP contribution >= 0.6 is 0 Å². The zero-order valence-corrected chi connectivity index (χ0v) is 7.84. The van der Waals surface area contributed by atoms with Crippen molar-refractivity contribution in [1.29, 1.82) is 0 Å². The molecule has 0 aromatic carbocycles. The molecule has 12 heavy (non-hydrogen) atoms. The van der Waals surface area contributed by atoms with Gasteiger partial charge in [-0.2, -0.15) is 0 Å². The molecule has 0 spiro atoms. The third-order valence-electron chi connectivity index (χ3n) is 3.75. The summed E-state index contributed by atoms with van der Waals surface area (Å²) in [5, 5.41) is 9.42. The van der Waals surface area contributed by atoms with Crippen LogP contribution in [0.15, 0.2) is 11.8 Å². The minimum absolute atomic E-state index is 0.518. The van der Waals surface area contributed by atoms with Gasteiger partial charge in [-0.05, 0) is 36.7 Å². The molecule has 2 aliphatic rings. The van der Waals surface area contributed by atoms with E-state index in [0.717, 1.165) is 6.42 Å². The quantitative estimate of drug-likeness (QED) is 0.584. The highest BCUT2D eigenvalue weighted by atomic mass is 16.3. The molecule has 1 saturated carbocycles. The maximum Gasteiger partial charge on any atom is 0.0886 e. The Morgan fingerprint density at radius 1 is 1.42 bits per heavy atom. The van der Waals surface area contributed by atoms with Crippen molar-refractivity contribution >= 4 is 0 Å². The minimum Gasteiger partial charge on any atom is -0.513 e. The van der Waals surface area contributed by atoms with Gasteiger partial charge in [0.1, 0.15) is 0 Å². The number of fused-ring (bicyclic) bond motifs is 1. The molecule has 0 saturated heterocycles. The molecule has 0 aliphatic heterocycles. The molecule has 1 fully saturated rings. The van der Waals surface area contributed by atoms with Gasteiger partial charge in [0, 0.05) is 6.42 Å². The Kier molecular flexibility index (Phi) is 1.90. The van der Waals surface area contributed by atoms with Crippen LogP contribution in [0.2, 0.25) is 0 Å². The van der Waals surface area contributed by atoms with E-state index in [1.54, 1.807) is 0 Å². The molecule has 1 N–H and O–H groups in total. The summed E-state index contributed by atoms with van der Waals surface area (Å²) in [6.45, 7) is 2.39. The van der Waals surface area contributed by atoms with Crippen LogP contribution in [0.5, 0.6) is 0 Å². The van der Waals surface area contributed by atoms with E-state index in [-0.39, 0.29) is 0 Å². The first-order valence-corrected chi connectivity index (χ1v) is 5.10. The Balaban J connectivity index is 2.19. The highest BCUT2D eigenvalue weighted by Gasteiger charge is 2.37. The van der Waals surface area contributed by atoms with Crippen LogP contribution in [-0.2, 0) is 0 Å². The molecular formula is C11H18O. The zero-order chi connectivity index (χ0) is 8.60.